The molecule has 1 heterocycles. The molecule has 7 nitrogen and oxygen atoms in total. The summed E-state index contributed by atoms with van der Waals surface area (Å²) in [6.45, 7) is 1.68. The number of hydrogen-bond donors (Lipinski definition) is 2. The summed E-state index contributed by atoms with van der Waals surface area (Å²) in [6, 6.07) is 7.27. The fraction of sp³-hybridized carbons (Fsp3) is 0.474. The Bertz CT molecular complexity index is 765. The molecule has 26 heavy (non-hydrogen) atoms. The predicted molar refractivity (Wildman–Crippen MR) is 94.8 cm³/mol. The maximum absolute atomic E-state index is 12.0. The average molecular weight is 357 g/mol. The summed E-state index contributed by atoms with van der Waals surface area (Å²) >= 11 is 0. The molecular weight excluding hydrogens is 334 g/mol. The number of anilines is 1. The van der Waals surface area contributed by atoms with E-state index in [0.717, 1.165) is 24.2 Å². The SMILES string of the molecule is CC(Cc1ccc(NC(=O)CCCc2nc(C3CC3)no2)cc1)C(=O)O. The number of carboxylic acids is 1. The number of nitrogens with one attached hydrogen (secondary N) is 1. The molecule has 1 unspecified atom stereocenters. The van der Waals surface area contributed by atoms with Gasteiger partial charge in [-0.15, -0.1) is 0 Å². The van der Waals surface area contributed by atoms with E-state index in [1.54, 1.807) is 19.1 Å². The van der Waals surface area contributed by atoms with Gasteiger partial charge in [-0.05, 0) is 43.4 Å². The first kappa shape index (κ1) is 18.1. The van der Waals surface area contributed by atoms with Gasteiger partial charge in [0, 0.05) is 24.4 Å². The highest BCUT2D eigenvalue weighted by atomic mass is 16.5. The van der Waals surface area contributed by atoms with Crippen LogP contribution in [-0.2, 0) is 22.4 Å². The topological polar surface area (TPSA) is 105 Å². The van der Waals surface area contributed by atoms with Gasteiger partial charge in [-0.3, -0.25) is 9.59 Å². The number of carbonyl (C=O) groups is 2. The Morgan fingerprint density at radius 2 is 2.04 bits per heavy atom. The number of hydrogen-bond acceptors (Lipinski definition) is 5. The molecule has 0 spiro atoms. The number of carboxylic acid groups (broad SMARTS) is 1. The van der Waals surface area contributed by atoms with Crippen molar-refractivity contribution in [2.24, 2.45) is 5.92 Å². The van der Waals surface area contributed by atoms with E-state index in [0.29, 0.717) is 43.2 Å². The smallest absolute Gasteiger partial charge is 0.306 e. The third-order valence-electron chi connectivity index (χ3n) is 4.42. The zero-order valence-corrected chi connectivity index (χ0v) is 14.8. The fourth-order valence-corrected chi connectivity index (χ4v) is 2.67. The van der Waals surface area contributed by atoms with Gasteiger partial charge in [-0.1, -0.05) is 24.2 Å². The third kappa shape index (κ3) is 5.15. The highest BCUT2D eigenvalue weighted by Gasteiger charge is 2.28. The van der Waals surface area contributed by atoms with Gasteiger partial charge in [0.05, 0.1) is 5.92 Å². The number of carbonyl (C=O) groups excluding carboxylic acids is 1. The van der Waals surface area contributed by atoms with Crippen LogP contribution in [-0.4, -0.2) is 27.1 Å². The van der Waals surface area contributed by atoms with E-state index >= 15 is 0 Å². The lowest BCUT2D eigenvalue weighted by Crippen LogP contribution is -2.13. The Hall–Kier alpha value is -2.70. The Morgan fingerprint density at radius 1 is 1.31 bits per heavy atom. The number of nitrogens with zero attached hydrogens (tertiary/aromatic N) is 2. The summed E-state index contributed by atoms with van der Waals surface area (Å²) in [5, 5.41) is 15.7. The molecule has 2 N–H and O–H groups in total. The molecule has 1 aliphatic rings. The van der Waals surface area contributed by atoms with Gasteiger partial charge in [-0.25, -0.2) is 0 Å². The molecule has 1 aromatic heterocycles. The molecule has 1 aliphatic carbocycles. The van der Waals surface area contributed by atoms with Crippen molar-refractivity contribution >= 4 is 17.6 Å². The van der Waals surface area contributed by atoms with Gasteiger partial charge in [0.2, 0.25) is 11.8 Å². The van der Waals surface area contributed by atoms with Crippen LogP contribution in [0.3, 0.4) is 0 Å². The number of amides is 1. The van der Waals surface area contributed by atoms with Crippen molar-refractivity contribution < 1.29 is 19.2 Å². The van der Waals surface area contributed by atoms with Crippen LogP contribution in [0.25, 0.3) is 0 Å². The minimum Gasteiger partial charge on any atom is -0.481 e. The molecule has 1 amide bonds. The van der Waals surface area contributed by atoms with Crippen LogP contribution in [0, 0.1) is 5.92 Å². The van der Waals surface area contributed by atoms with Crippen molar-refractivity contribution in [3.63, 3.8) is 0 Å². The molecule has 2 aromatic rings. The zero-order valence-electron chi connectivity index (χ0n) is 14.8. The Labute approximate surface area is 151 Å². The summed E-state index contributed by atoms with van der Waals surface area (Å²) in [7, 11) is 0. The molecule has 1 saturated carbocycles. The van der Waals surface area contributed by atoms with Crippen LogP contribution in [0.5, 0.6) is 0 Å². The molecule has 1 aromatic carbocycles. The van der Waals surface area contributed by atoms with Gasteiger partial charge in [0.15, 0.2) is 5.82 Å². The number of rotatable bonds is 9. The Kier molecular flexibility index (Phi) is 5.65. The minimum atomic E-state index is -0.812. The quantitative estimate of drug-likeness (QED) is 0.714. The first-order valence-corrected chi connectivity index (χ1v) is 8.95. The Balaban J connectivity index is 1.40. The van der Waals surface area contributed by atoms with Crippen LogP contribution >= 0.6 is 0 Å². The van der Waals surface area contributed by atoms with Crippen LogP contribution in [0.2, 0.25) is 0 Å². The van der Waals surface area contributed by atoms with Crippen LogP contribution < -0.4 is 5.32 Å². The summed E-state index contributed by atoms with van der Waals surface area (Å²) in [5.41, 5.74) is 1.64. The second-order valence-corrected chi connectivity index (χ2v) is 6.86. The highest BCUT2D eigenvalue weighted by Crippen LogP contribution is 2.38. The van der Waals surface area contributed by atoms with Gasteiger partial charge >= 0.3 is 5.97 Å². The molecule has 0 aliphatic heterocycles. The summed E-state index contributed by atoms with van der Waals surface area (Å²) in [4.78, 5) is 27.3. The maximum Gasteiger partial charge on any atom is 0.306 e. The van der Waals surface area contributed by atoms with Crippen molar-refractivity contribution in [2.45, 2.75) is 51.4 Å². The van der Waals surface area contributed by atoms with Crippen molar-refractivity contribution in [2.75, 3.05) is 5.32 Å². The van der Waals surface area contributed by atoms with Gasteiger partial charge < -0.3 is 14.9 Å². The molecule has 0 radical (unpaired) electrons. The molecule has 1 atom stereocenters. The van der Waals surface area contributed by atoms with E-state index in [2.05, 4.69) is 15.5 Å². The highest BCUT2D eigenvalue weighted by molar-refractivity contribution is 5.90. The number of aryl methyl sites for hydroxylation is 1. The summed E-state index contributed by atoms with van der Waals surface area (Å²) in [5.74, 6) is 0.544. The first-order valence-electron chi connectivity index (χ1n) is 8.95. The van der Waals surface area contributed by atoms with E-state index < -0.39 is 11.9 Å². The Morgan fingerprint density at radius 3 is 2.69 bits per heavy atom. The number of benzene rings is 1. The maximum atomic E-state index is 12.0. The van der Waals surface area contributed by atoms with E-state index in [1.165, 1.54) is 0 Å². The van der Waals surface area contributed by atoms with E-state index in [4.69, 9.17) is 9.63 Å². The molecule has 7 heteroatoms. The van der Waals surface area contributed by atoms with Crippen molar-refractivity contribution in [3.05, 3.63) is 41.5 Å². The number of aliphatic carboxylic acids is 1. The largest absolute Gasteiger partial charge is 0.481 e. The molecule has 138 valence electrons. The normalized spacial score (nSPS) is 14.8. The fourth-order valence-electron chi connectivity index (χ4n) is 2.67. The standard InChI is InChI=1S/C19H23N3O4/c1-12(19(24)25)11-13-5-9-15(10-6-13)20-16(23)3-2-4-17-21-18(22-26-17)14-7-8-14/h5-6,9-10,12,14H,2-4,7-8,11H2,1H3,(H,20,23)(H,24,25). The first-order chi connectivity index (χ1) is 12.5. The van der Waals surface area contributed by atoms with E-state index in [9.17, 15) is 9.59 Å². The van der Waals surface area contributed by atoms with Crippen molar-refractivity contribution in [1.29, 1.82) is 0 Å². The van der Waals surface area contributed by atoms with E-state index in [1.807, 2.05) is 12.1 Å². The second-order valence-electron chi connectivity index (χ2n) is 6.86. The van der Waals surface area contributed by atoms with Crippen molar-refractivity contribution in [1.82, 2.24) is 10.1 Å². The average Bonchev–Trinajstić information content (AvgIpc) is 3.36. The molecule has 3 rings (SSSR count). The van der Waals surface area contributed by atoms with Crippen LogP contribution in [0.15, 0.2) is 28.8 Å². The third-order valence-corrected chi connectivity index (χ3v) is 4.42. The molecule has 0 saturated heterocycles. The zero-order chi connectivity index (χ0) is 18.5. The predicted octanol–water partition coefficient (Wildman–Crippen LogP) is 3.17. The lowest BCUT2D eigenvalue weighted by molar-refractivity contribution is -0.141. The summed E-state index contributed by atoms with van der Waals surface area (Å²) < 4.78 is 5.19. The van der Waals surface area contributed by atoms with Crippen molar-refractivity contribution in [3.8, 4) is 0 Å². The van der Waals surface area contributed by atoms with Crippen LogP contribution in [0.1, 0.15) is 55.8 Å². The molecular formula is C19H23N3O4. The monoisotopic (exact) mass is 357 g/mol. The lowest BCUT2D eigenvalue weighted by atomic mass is 10.0. The van der Waals surface area contributed by atoms with Gasteiger partial charge in [0.25, 0.3) is 0 Å². The molecule has 0 bridgehead atoms. The molecule has 1 fully saturated rings. The minimum absolute atomic E-state index is 0.0708. The van der Waals surface area contributed by atoms with Crippen LogP contribution in [0.4, 0.5) is 5.69 Å². The van der Waals surface area contributed by atoms with Gasteiger partial charge in [0.1, 0.15) is 0 Å². The number of aromatic nitrogens is 2. The van der Waals surface area contributed by atoms with E-state index in [-0.39, 0.29) is 5.91 Å². The second kappa shape index (κ2) is 8.12. The lowest BCUT2D eigenvalue weighted by Gasteiger charge is -2.08. The van der Waals surface area contributed by atoms with Gasteiger partial charge in [-0.2, -0.15) is 4.98 Å². The summed E-state index contributed by atoms with van der Waals surface area (Å²) in [6.07, 6.45) is 4.35.